The van der Waals surface area contributed by atoms with Crippen LogP contribution < -0.4 is 10.8 Å². The zero-order valence-corrected chi connectivity index (χ0v) is 10.7. The van der Waals surface area contributed by atoms with Crippen LogP contribution in [0.15, 0.2) is 0 Å². The van der Waals surface area contributed by atoms with Crippen molar-refractivity contribution in [2.75, 3.05) is 20.3 Å². The molecule has 0 aliphatic carbocycles. The standard InChI is InChI=1S/C11H24N2O3/c1-5-10(6-2)12-11(14)9(3)13-16-8-7-15-4/h9-10,13H,5-8H2,1-4H3,(H,12,14). The summed E-state index contributed by atoms with van der Waals surface area (Å²) in [5, 5.41) is 2.94. The van der Waals surface area contributed by atoms with Crippen LogP contribution in [0.4, 0.5) is 0 Å². The maximum absolute atomic E-state index is 11.7. The lowest BCUT2D eigenvalue weighted by molar-refractivity contribution is -0.128. The number of amides is 1. The van der Waals surface area contributed by atoms with Crippen molar-refractivity contribution in [2.24, 2.45) is 0 Å². The number of rotatable bonds is 9. The Morgan fingerprint density at radius 2 is 1.88 bits per heavy atom. The number of nitrogens with one attached hydrogen (secondary N) is 2. The lowest BCUT2D eigenvalue weighted by Gasteiger charge is -2.19. The number of carbonyl (C=O) groups excluding carboxylic acids is 1. The van der Waals surface area contributed by atoms with Gasteiger partial charge in [0.05, 0.1) is 13.2 Å². The first-order chi connectivity index (χ1) is 7.65. The van der Waals surface area contributed by atoms with E-state index in [-0.39, 0.29) is 18.0 Å². The second-order valence-corrected chi connectivity index (χ2v) is 3.70. The summed E-state index contributed by atoms with van der Waals surface area (Å²) in [6.07, 6.45) is 1.89. The minimum absolute atomic E-state index is 0.0360. The van der Waals surface area contributed by atoms with E-state index in [4.69, 9.17) is 9.57 Å². The van der Waals surface area contributed by atoms with Crippen LogP contribution in [0.1, 0.15) is 33.6 Å². The fourth-order valence-corrected chi connectivity index (χ4v) is 1.18. The lowest BCUT2D eigenvalue weighted by Crippen LogP contribution is -2.46. The third-order valence-corrected chi connectivity index (χ3v) is 2.37. The van der Waals surface area contributed by atoms with E-state index < -0.39 is 0 Å². The van der Waals surface area contributed by atoms with Crippen LogP contribution in [0.3, 0.4) is 0 Å². The second kappa shape index (κ2) is 9.57. The van der Waals surface area contributed by atoms with Crippen molar-refractivity contribution in [1.82, 2.24) is 10.8 Å². The SMILES string of the molecule is CCC(CC)NC(=O)C(C)NOCCOC. The van der Waals surface area contributed by atoms with Gasteiger partial charge in [-0.25, -0.2) is 0 Å². The van der Waals surface area contributed by atoms with Crippen LogP contribution in [0, 0.1) is 0 Å². The molecule has 0 aromatic heterocycles. The van der Waals surface area contributed by atoms with Gasteiger partial charge in [-0.1, -0.05) is 13.8 Å². The van der Waals surface area contributed by atoms with Crippen molar-refractivity contribution in [3.8, 4) is 0 Å². The minimum Gasteiger partial charge on any atom is -0.382 e. The first kappa shape index (κ1) is 15.3. The first-order valence-corrected chi connectivity index (χ1v) is 5.82. The molecule has 0 radical (unpaired) electrons. The van der Waals surface area contributed by atoms with E-state index in [2.05, 4.69) is 24.6 Å². The third-order valence-electron chi connectivity index (χ3n) is 2.37. The fraction of sp³-hybridized carbons (Fsp3) is 0.909. The van der Waals surface area contributed by atoms with Gasteiger partial charge in [-0.3, -0.25) is 9.63 Å². The highest BCUT2D eigenvalue weighted by Crippen LogP contribution is 1.96. The molecule has 0 spiro atoms. The van der Waals surface area contributed by atoms with Crippen LogP contribution in [-0.2, 0) is 14.4 Å². The summed E-state index contributed by atoms with van der Waals surface area (Å²) in [5.41, 5.74) is 2.68. The Morgan fingerprint density at radius 1 is 1.25 bits per heavy atom. The Kier molecular flexibility index (Phi) is 9.18. The molecule has 1 amide bonds. The normalized spacial score (nSPS) is 12.8. The van der Waals surface area contributed by atoms with Gasteiger partial charge in [0.15, 0.2) is 0 Å². The number of methoxy groups -OCH3 is 1. The molecule has 5 heteroatoms. The first-order valence-electron chi connectivity index (χ1n) is 5.82. The van der Waals surface area contributed by atoms with E-state index in [0.717, 1.165) is 12.8 Å². The van der Waals surface area contributed by atoms with Gasteiger partial charge < -0.3 is 10.1 Å². The predicted molar refractivity (Wildman–Crippen MR) is 62.9 cm³/mol. The Balaban J connectivity index is 3.72. The highest BCUT2D eigenvalue weighted by atomic mass is 16.7. The highest BCUT2D eigenvalue weighted by Gasteiger charge is 2.15. The number of hydroxylamine groups is 1. The predicted octanol–water partition coefficient (Wildman–Crippen LogP) is 0.847. The molecule has 0 aliphatic heterocycles. The van der Waals surface area contributed by atoms with E-state index in [9.17, 15) is 4.79 Å². The molecular weight excluding hydrogens is 208 g/mol. The van der Waals surface area contributed by atoms with E-state index in [1.807, 2.05) is 0 Å². The van der Waals surface area contributed by atoms with Crippen molar-refractivity contribution in [2.45, 2.75) is 45.7 Å². The number of hydrogen-bond donors (Lipinski definition) is 2. The zero-order valence-electron chi connectivity index (χ0n) is 10.7. The van der Waals surface area contributed by atoms with Gasteiger partial charge in [0.25, 0.3) is 0 Å². The molecule has 0 aromatic carbocycles. The van der Waals surface area contributed by atoms with Crippen LogP contribution >= 0.6 is 0 Å². The fourth-order valence-electron chi connectivity index (χ4n) is 1.18. The van der Waals surface area contributed by atoms with Gasteiger partial charge in [-0.05, 0) is 19.8 Å². The maximum Gasteiger partial charge on any atom is 0.239 e. The molecule has 0 bridgehead atoms. The molecule has 16 heavy (non-hydrogen) atoms. The zero-order chi connectivity index (χ0) is 12.4. The molecule has 0 aliphatic rings. The molecule has 0 heterocycles. The summed E-state index contributed by atoms with van der Waals surface area (Å²) in [6, 6.07) is -0.104. The average Bonchev–Trinajstić information content (AvgIpc) is 2.30. The summed E-state index contributed by atoms with van der Waals surface area (Å²) >= 11 is 0. The molecular formula is C11H24N2O3. The highest BCUT2D eigenvalue weighted by molar-refractivity contribution is 5.81. The van der Waals surface area contributed by atoms with E-state index >= 15 is 0 Å². The van der Waals surface area contributed by atoms with Gasteiger partial charge >= 0.3 is 0 Å². The average molecular weight is 232 g/mol. The van der Waals surface area contributed by atoms with Gasteiger partial charge in [-0.2, -0.15) is 5.48 Å². The van der Waals surface area contributed by atoms with Crippen LogP contribution in [-0.4, -0.2) is 38.3 Å². The third kappa shape index (κ3) is 6.76. The minimum atomic E-state index is -0.350. The van der Waals surface area contributed by atoms with Crippen LogP contribution in [0.5, 0.6) is 0 Å². The van der Waals surface area contributed by atoms with Crippen LogP contribution in [0.2, 0.25) is 0 Å². The van der Waals surface area contributed by atoms with Gasteiger partial charge in [0.1, 0.15) is 6.04 Å². The monoisotopic (exact) mass is 232 g/mol. The molecule has 0 saturated heterocycles. The molecule has 1 atom stereocenters. The van der Waals surface area contributed by atoms with E-state index in [0.29, 0.717) is 13.2 Å². The largest absolute Gasteiger partial charge is 0.382 e. The molecule has 5 nitrogen and oxygen atoms in total. The number of ether oxygens (including phenoxy) is 1. The maximum atomic E-state index is 11.7. The van der Waals surface area contributed by atoms with Gasteiger partial charge in [0.2, 0.25) is 5.91 Å². The van der Waals surface area contributed by atoms with Crippen molar-refractivity contribution in [3.63, 3.8) is 0 Å². The van der Waals surface area contributed by atoms with Crippen molar-refractivity contribution >= 4 is 5.91 Å². The van der Waals surface area contributed by atoms with Crippen molar-refractivity contribution in [3.05, 3.63) is 0 Å². The Labute approximate surface area is 97.8 Å². The number of hydrogen-bond acceptors (Lipinski definition) is 4. The quantitative estimate of drug-likeness (QED) is 0.457. The van der Waals surface area contributed by atoms with Crippen molar-refractivity contribution in [1.29, 1.82) is 0 Å². The van der Waals surface area contributed by atoms with Gasteiger partial charge in [0, 0.05) is 13.2 Å². The molecule has 96 valence electrons. The van der Waals surface area contributed by atoms with Crippen LogP contribution in [0.25, 0.3) is 0 Å². The lowest BCUT2D eigenvalue weighted by atomic mass is 10.1. The molecule has 0 rings (SSSR count). The summed E-state index contributed by atoms with van der Waals surface area (Å²) in [7, 11) is 1.60. The molecule has 0 aromatic rings. The smallest absolute Gasteiger partial charge is 0.239 e. The summed E-state index contributed by atoms with van der Waals surface area (Å²) in [6.45, 7) is 6.82. The topological polar surface area (TPSA) is 59.6 Å². The summed E-state index contributed by atoms with van der Waals surface area (Å²) in [4.78, 5) is 16.7. The van der Waals surface area contributed by atoms with Crippen molar-refractivity contribution < 1.29 is 14.4 Å². The summed E-state index contributed by atoms with van der Waals surface area (Å²) < 4.78 is 4.82. The Morgan fingerprint density at radius 3 is 2.38 bits per heavy atom. The summed E-state index contributed by atoms with van der Waals surface area (Å²) in [5.74, 6) is -0.0360. The molecule has 1 unspecified atom stereocenters. The van der Waals surface area contributed by atoms with Gasteiger partial charge in [-0.15, -0.1) is 0 Å². The molecule has 0 saturated carbocycles. The number of carbonyl (C=O) groups is 1. The van der Waals surface area contributed by atoms with E-state index in [1.54, 1.807) is 14.0 Å². The second-order valence-electron chi connectivity index (χ2n) is 3.70. The Bertz CT molecular complexity index is 184. The Hall–Kier alpha value is -0.650. The van der Waals surface area contributed by atoms with E-state index in [1.165, 1.54) is 0 Å². The molecule has 0 fully saturated rings. The molecule has 2 N–H and O–H groups in total.